The molecule has 2 aromatic carbocycles. The number of benzene rings is 2. The van der Waals surface area contributed by atoms with E-state index in [4.69, 9.17) is 11.6 Å². The maximum atomic E-state index is 11.2. The van der Waals surface area contributed by atoms with Crippen molar-refractivity contribution in [1.29, 1.82) is 0 Å². The molecule has 0 saturated heterocycles. The molecule has 0 bridgehead atoms. The Bertz CT molecular complexity index is 638. The summed E-state index contributed by atoms with van der Waals surface area (Å²) in [4.78, 5) is 10.8. The number of nitro benzene ring substituents is 1. The van der Waals surface area contributed by atoms with Crippen LogP contribution in [0.15, 0.2) is 36.4 Å². The summed E-state index contributed by atoms with van der Waals surface area (Å²) >= 11 is 6.00. The lowest BCUT2D eigenvalue weighted by Gasteiger charge is -2.09. The van der Waals surface area contributed by atoms with Crippen molar-refractivity contribution in [1.82, 2.24) is 0 Å². The summed E-state index contributed by atoms with van der Waals surface area (Å²) in [6.07, 6.45) is 0.838. The van der Waals surface area contributed by atoms with Crippen LogP contribution >= 0.6 is 11.6 Å². The van der Waals surface area contributed by atoms with Crippen LogP contribution in [0.3, 0.4) is 0 Å². The number of aryl methyl sites for hydroxylation is 2. The summed E-state index contributed by atoms with van der Waals surface area (Å²) < 4.78 is 0. The summed E-state index contributed by atoms with van der Waals surface area (Å²) in [5.41, 5.74) is 3.60. The lowest BCUT2D eigenvalue weighted by Crippen LogP contribution is -1.95. The van der Waals surface area contributed by atoms with E-state index in [2.05, 4.69) is 0 Å². The predicted molar refractivity (Wildman–Crippen MR) is 77.7 cm³/mol. The molecule has 0 unspecified atom stereocenters. The van der Waals surface area contributed by atoms with Crippen molar-refractivity contribution in [2.75, 3.05) is 0 Å². The second-order valence-corrected chi connectivity index (χ2v) is 4.86. The van der Waals surface area contributed by atoms with Gasteiger partial charge in [0.05, 0.1) is 10.5 Å². The van der Waals surface area contributed by atoms with Crippen molar-refractivity contribution in [3.8, 4) is 11.1 Å². The second kappa shape index (κ2) is 5.41. The lowest BCUT2D eigenvalue weighted by molar-refractivity contribution is -0.384. The minimum Gasteiger partial charge on any atom is -0.258 e. The van der Waals surface area contributed by atoms with Crippen molar-refractivity contribution in [3.63, 3.8) is 0 Å². The highest BCUT2D eigenvalue weighted by Gasteiger charge is 2.17. The Labute approximate surface area is 117 Å². The van der Waals surface area contributed by atoms with Gasteiger partial charge in [0.25, 0.3) is 5.69 Å². The van der Waals surface area contributed by atoms with Crippen molar-refractivity contribution in [2.24, 2.45) is 0 Å². The second-order valence-electron chi connectivity index (χ2n) is 4.42. The molecule has 0 heterocycles. The summed E-state index contributed by atoms with van der Waals surface area (Å²) in [7, 11) is 0. The van der Waals surface area contributed by atoms with Gasteiger partial charge in [-0.25, -0.2) is 0 Å². The average molecular weight is 276 g/mol. The van der Waals surface area contributed by atoms with Crippen LogP contribution in [0.2, 0.25) is 5.02 Å². The van der Waals surface area contributed by atoms with Gasteiger partial charge in [0.2, 0.25) is 0 Å². The van der Waals surface area contributed by atoms with E-state index >= 15 is 0 Å². The van der Waals surface area contributed by atoms with Gasteiger partial charge < -0.3 is 0 Å². The van der Waals surface area contributed by atoms with Gasteiger partial charge >= 0.3 is 0 Å². The third-order valence-corrected chi connectivity index (χ3v) is 3.39. The van der Waals surface area contributed by atoms with Crippen molar-refractivity contribution < 1.29 is 4.92 Å². The molecule has 0 fully saturated rings. The van der Waals surface area contributed by atoms with Gasteiger partial charge in [0.1, 0.15) is 0 Å². The van der Waals surface area contributed by atoms with E-state index in [0.29, 0.717) is 10.6 Å². The Morgan fingerprint density at radius 2 is 1.89 bits per heavy atom. The Balaban J connectivity index is 2.71. The first-order valence-corrected chi connectivity index (χ1v) is 6.44. The van der Waals surface area contributed by atoms with Crippen LogP contribution in [0.4, 0.5) is 5.69 Å². The third-order valence-electron chi connectivity index (χ3n) is 3.16. The molecule has 0 N–H and O–H groups in total. The summed E-state index contributed by atoms with van der Waals surface area (Å²) in [5, 5.41) is 11.7. The highest BCUT2D eigenvalue weighted by atomic mass is 35.5. The average Bonchev–Trinajstić information content (AvgIpc) is 2.40. The first-order chi connectivity index (χ1) is 9.02. The van der Waals surface area contributed by atoms with Crippen LogP contribution in [0.5, 0.6) is 0 Å². The van der Waals surface area contributed by atoms with E-state index in [1.54, 1.807) is 24.3 Å². The molecule has 19 heavy (non-hydrogen) atoms. The lowest BCUT2D eigenvalue weighted by atomic mass is 9.96. The summed E-state index contributed by atoms with van der Waals surface area (Å²) in [5.74, 6) is 0. The normalized spacial score (nSPS) is 10.5. The smallest absolute Gasteiger partial charge is 0.258 e. The Kier molecular flexibility index (Phi) is 3.86. The molecule has 0 atom stereocenters. The van der Waals surface area contributed by atoms with Gasteiger partial charge in [-0.15, -0.1) is 0 Å². The quantitative estimate of drug-likeness (QED) is 0.597. The number of nitrogens with zero attached hydrogens (tertiary/aromatic N) is 1. The molecule has 0 aliphatic carbocycles. The number of hydrogen-bond acceptors (Lipinski definition) is 2. The van der Waals surface area contributed by atoms with Crippen molar-refractivity contribution >= 4 is 17.3 Å². The van der Waals surface area contributed by atoms with Crippen LogP contribution in [0, 0.1) is 17.0 Å². The summed E-state index contributed by atoms with van der Waals surface area (Å²) in [6.45, 7) is 3.95. The number of halogens is 1. The van der Waals surface area contributed by atoms with E-state index in [1.807, 2.05) is 26.0 Å². The van der Waals surface area contributed by atoms with E-state index in [-0.39, 0.29) is 10.6 Å². The molecule has 0 aliphatic rings. The third kappa shape index (κ3) is 2.76. The molecule has 3 nitrogen and oxygen atoms in total. The first-order valence-electron chi connectivity index (χ1n) is 6.06. The molecule has 4 heteroatoms. The SMILES string of the molecule is CCc1ccc([N+](=O)[O-])c(-c2cc(Cl)ccc2C)c1. The van der Waals surface area contributed by atoms with Crippen LogP contribution in [0.1, 0.15) is 18.1 Å². The molecule has 0 spiro atoms. The molecular formula is C15H14ClNO2. The van der Waals surface area contributed by atoms with Gasteiger partial charge in [0.15, 0.2) is 0 Å². The van der Waals surface area contributed by atoms with Gasteiger partial charge in [-0.1, -0.05) is 30.7 Å². The highest BCUT2D eigenvalue weighted by Crippen LogP contribution is 2.34. The molecule has 2 rings (SSSR count). The maximum absolute atomic E-state index is 11.2. The Morgan fingerprint density at radius 1 is 1.16 bits per heavy atom. The minimum absolute atomic E-state index is 0.113. The van der Waals surface area contributed by atoms with Crippen LogP contribution in [0.25, 0.3) is 11.1 Å². The van der Waals surface area contributed by atoms with E-state index < -0.39 is 0 Å². The van der Waals surface area contributed by atoms with E-state index in [1.165, 1.54) is 0 Å². The zero-order valence-electron chi connectivity index (χ0n) is 10.8. The number of rotatable bonds is 3. The van der Waals surface area contributed by atoms with Gasteiger partial charge in [-0.2, -0.15) is 0 Å². The molecule has 0 amide bonds. The standard InChI is InChI=1S/C15H14ClNO2/c1-3-11-5-7-15(17(18)19)14(8-11)13-9-12(16)6-4-10(13)2/h4-9H,3H2,1-2H3. The maximum Gasteiger partial charge on any atom is 0.277 e. The predicted octanol–water partition coefficient (Wildman–Crippen LogP) is 4.79. The van der Waals surface area contributed by atoms with Crippen LogP contribution < -0.4 is 0 Å². The molecule has 0 saturated carbocycles. The molecule has 0 aliphatic heterocycles. The summed E-state index contributed by atoms with van der Waals surface area (Å²) in [6, 6.07) is 10.7. The molecule has 2 aromatic rings. The van der Waals surface area contributed by atoms with Gasteiger partial charge in [-0.05, 0) is 48.2 Å². The minimum atomic E-state index is -0.352. The van der Waals surface area contributed by atoms with Crippen molar-refractivity contribution in [3.05, 3.63) is 62.7 Å². The fourth-order valence-corrected chi connectivity index (χ4v) is 2.23. The van der Waals surface area contributed by atoms with Crippen LogP contribution in [-0.2, 0) is 6.42 Å². The van der Waals surface area contributed by atoms with Crippen LogP contribution in [-0.4, -0.2) is 4.92 Å². The topological polar surface area (TPSA) is 43.1 Å². The van der Waals surface area contributed by atoms with Crippen molar-refractivity contribution in [2.45, 2.75) is 20.3 Å². The number of nitro groups is 1. The van der Waals surface area contributed by atoms with E-state index in [0.717, 1.165) is 23.1 Å². The Morgan fingerprint density at radius 3 is 2.53 bits per heavy atom. The fraction of sp³-hybridized carbons (Fsp3) is 0.200. The molecule has 98 valence electrons. The Hall–Kier alpha value is -1.87. The first kappa shape index (κ1) is 13.6. The highest BCUT2D eigenvalue weighted by molar-refractivity contribution is 6.30. The van der Waals surface area contributed by atoms with Gasteiger partial charge in [-0.3, -0.25) is 10.1 Å². The monoisotopic (exact) mass is 275 g/mol. The number of hydrogen-bond donors (Lipinski definition) is 0. The fourth-order valence-electron chi connectivity index (χ4n) is 2.06. The van der Waals surface area contributed by atoms with E-state index in [9.17, 15) is 10.1 Å². The zero-order chi connectivity index (χ0) is 14.0. The molecular weight excluding hydrogens is 262 g/mol. The largest absolute Gasteiger partial charge is 0.277 e. The molecule has 0 radical (unpaired) electrons. The van der Waals surface area contributed by atoms with Gasteiger partial charge in [0, 0.05) is 11.1 Å². The molecule has 0 aromatic heterocycles. The zero-order valence-corrected chi connectivity index (χ0v) is 11.6.